The molecule has 0 saturated carbocycles. The standard InChI is InChI=1S/C13H14ClNO3S/c1-2-18-19(16,17)13-7-6-10(14)9-11(13)12-5-3-4-8-15-12/h3-6,8-9,13H,2,7H2,1H3. The van der Waals surface area contributed by atoms with Gasteiger partial charge in [0.1, 0.15) is 5.25 Å². The molecule has 0 saturated heterocycles. The Labute approximate surface area is 117 Å². The molecule has 4 nitrogen and oxygen atoms in total. The summed E-state index contributed by atoms with van der Waals surface area (Å²) in [5.74, 6) is 0. The third-order valence-electron chi connectivity index (χ3n) is 2.76. The van der Waals surface area contributed by atoms with Gasteiger partial charge >= 0.3 is 0 Å². The van der Waals surface area contributed by atoms with Gasteiger partial charge in [0.25, 0.3) is 10.1 Å². The van der Waals surface area contributed by atoms with E-state index in [2.05, 4.69) is 4.98 Å². The second-order valence-corrected chi connectivity index (χ2v) is 6.25. The molecule has 19 heavy (non-hydrogen) atoms. The number of aromatic nitrogens is 1. The quantitative estimate of drug-likeness (QED) is 0.802. The molecule has 0 fully saturated rings. The minimum absolute atomic E-state index is 0.117. The molecule has 0 aromatic carbocycles. The maximum atomic E-state index is 12.1. The molecule has 6 heteroatoms. The normalized spacial score (nSPS) is 19.8. The third kappa shape index (κ3) is 3.23. The second-order valence-electron chi connectivity index (χ2n) is 4.03. The Balaban J connectivity index is 2.44. The lowest BCUT2D eigenvalue weighted by Crippen LogP contribution is -2.26. The van der Waals surface area contributed by atoms with E-state index in [9.17, 15) is 8.42 Å². The smallest absolute Gasteiger partial charge is 0.270 e. The number of hydrogen-bond donors (Lipinski definition) is 0. The van der Waals surface area contributed by atoms with Gasteiger partial charge in [-0.05, 0) is 31.6 Å². The summed E-state index contributed by atoms with van der Waals surface area (Å²) < 4.78 is 29.1. The highest BCUT2D eigenvalue weighted by molar-refractivity contribution is 7.87. The summed E-state index contributed by atoms with van der Waals surface area (Å²) in [7, 11) is -3.67. The van der Waals surface area contributed by atoms with E-state index in [0.29, 0.717) is 22.7 Å². The van der Waals surface area contributed by atoms with Gasteiger partial charge in [-0.15, -0.1) is 0 Å². The third-order valence-corrected chi connectivity index (χ3v) is 4.73. The molecule has 1 aliphatic carbocycles. The fraction of sp³-hybridized carbons (Fsp3) is 0.308. The zero-order chi connectivity index (χ0) is 13.9. The molecule has 0 amide bonds. The van der Waals surface area contributed by atoms with Crippen LogP contribution in [0.2, 0.25) is 0 Å². The van der Waals surface area contributed by atoms with Crippen molar-refractivity contribution in [1.29, 1.82) is 0 Å². The zero-order valence-electron chi connectivity index (χ0n) is 10.4. The summed E-state index contributed by atoms with van der Waals surface area (Å²) in [6, 6.07) is 5.34. The first kappa shape index (κ1) is 14.2. The molecule has 1 aliphatic rings. The van der Waals surface area contributed by atoms with Crippen LogP contribution in [0.15, 0.2) is 41.6 Å². The molecule has 1 heterocycles. The van der Waals surface area contributed by atoms with Crippen molar-refractivity contribution in [2.75, 3.05) is 6.61 Å². The lowest BCUT2D eigenvalue weighted by molar-refractivity contribution is 0.334. The van der Waals surface area contributed by atoms with Gasteiger partial charge in [-0.3, -0.25) is 9.17 Å². The van der Waals surface area contributed by atoms with Crippen molar-refractivity contribution in [2.24, 2.45) is 0 Å². The van der Waals surface area contributed by atoms with Gasteiger partial charge in [0.05, 0.1) is 12.3 Å². The van der Waals surface area contributed by atoms with E-state index in [1.54, 1.807) is 43.5 Å². The first-order chi connectivity index (χ1) is 9.04. The highest BCUT2D eigenvalue weighted by atomic mass is 35.5. The van der Waals surface area contributed by atoms with E-state index in [1.807, 2.05) is 0 Å². The average Bonchev–Trinajstić information content (AvgIpc) is 2.39. The Kier molecular flexibility index (Phi) is 4.39. The Morgan fingerprint density at radius 1 is 1.47 bits per heavy atom. The van der Waals surface area contributed by atoms with Crippen molar-refractivity contribution >= 4 is 27.3 Å². The fourth-order valence-corrected chi connectivity index (χ4v) is 3.47. The number of halogens is 1. The van der Waals surface area contributed by atoms with Gasteiger partial charge in [0.2, 0.25) is 0 Å². The van der Waals surface area contributed by atoms with Crippen molar-refractivity contribution in [3.05, 3.63) is 47.3 Å². The summed E-state index contributed by atoms with van der Waals surface area (Å²) in [6.07, 6.45) is 5.22. The topological polar surface area (TPSA) is 56.3 Å². The highest BCUT2D eigenvalue weighted by Crippen LogP contribution is 2.32. The first-order valence-corrected chi connectivity index (χ1v) is 7.76. The monoisotopic (exact) mass is 299 g/mol. The molecule has 0 N–H and O–H groups in total. The van der Waals surface area contributed by atoms with Crippen LogP contribution in [0.4, 0.5) is 0 Å². The zero-order valence-corrected chi connectivity index (χ0v) is 12.0. The summed E-state index contributed by atoms with van der Waals surface area (Å²) in [5, 5.41) is -0.242. The maximum absolute atomic E-state index is 12.1. The van der Waals surface area contributed by atoms with Gasteiger partial charge in [-0.1, -0.05) is 23.7 Å². The van der Waals surface area contributed by atoms with Crippen molar-refractivity contribution < 1.29 is 12.6 Å². The predicted octanol–water partition coefficient (Wildman–Crippen LogP) is 2.73. The number of rotatable bonds is 4. The predicted molar refractivity (Wildman–Crippen MR) is 75.1 cm³/mol. The molecule has 0 bridgehead atoms. The molecule has 1 atom stereocenters. The van der Waals surface area contributed by atoms with Gasteiger partial charge in [0, 0.05) is 16.8 Å². The van der Waals surface area contributed by atoms with Crippen LogP contribution in [0.1, 0.15) is 19.0 Å². The van der Waals surface area contributed by atoms with E-state index in [0.717, 1.165) is 0 Å². The van der Waals surface area contributed by atoms with Crippen LogP contribution in [0.3, 0.4) is 0 Å². The highest BCUT2D eigenvalue weighted by Gasteiger charge is 2.32. The SMILES string of the molecule is CCOS(=O)(=O)C1CC=C(Cl)C=C1c1ccccn1. The largest absolute Gasteiger partial charge is 0.274 e. The van der Waals surface area contributed by atoms with Gasteiger partial charge in [-0.25, -0.2) is 0 Å². The minimum atomic E-state index is -3.67. The summed E-state index contributed by atoms with van der Waals surface area (Å²) in [6.45, 7) is 1.76. The molecule has 0 aliphatic heterocycles. The number of allylic oxidation sites excluding steroid dienone is 3. The Morgan fingerprint density at radius 3 is 2.89 bits per heavy atom. The molecule has 1 aromatic rings. The van der Waals surface area contributed by atoms with Crippen molar-refractivity contribution in [3.8, 4) is 0 Å². The summed E-state index contributed by atoms with van der Waals surface area (Å²) >= 11 is 5.98. The average molecular weight is 300 g/mol. The van der Waals surface area contributed by atoms with E-state index < -0.39 is 15.4 Å². The lowest BCUT2D eigenvalue weighted by atomic mass is 10.0. The second kappa shape index (κ2) is 5.86. The van der Waals surface area contributed by atoms with Crippen LogP contribution in [0.25, 0.3) is 5.57 Å². The van der Waals surface area contributed by atoms with E-state index in [4.69, 9.17) is 15.8 Å². The van der Waals surface area contributed by atoms with Crippen LogP contribution in [0, 0.1) is 0 Å². The maximum Gasteiger partial charge on any atom is 0.274 e. The fourth-order valence-electron chi connectivity index (χ4n) is 1.94. The van der Waals surface area contributed by atoms with Gasteiger partial charge in [0.15, 0.2) is 0 Å². The van der Waals surface area contributed by atoms with Crippen molar-refractivity contribution in [1.82, 2.24) is 4.98 Å². The molecule has 102 valence electrons. The first-order valence-electron chi connectivity index (χ1n) is 5.91. The molecular formula is C13H14ClNO3S. The Morgan fingerprint density at radius 2 is 2.26 bits per heavy atom. The minimum Gasteiger partial charge on any atom is -0.270 e. The van der Waals surface area contributed by atoms with E-state index in [-0.39, 0.29) is 6.61 Å². The Bertz CT molecular complexity index is 608. The van der Waals surface area contributed by atoms with E-state index in [1.165, 1.54) is 0 Å². The molecule has 2 rings (SSSR count). The molecule has 0 spiro atoms. The van der Waals surface area contributed by atoms with E-state index >= 15 is 0 Å². The summed E-state index contributed by atoms with van der Waals surface area (Å²) in [5.41, 5.74) is 1.17. The molecular weight excluding hydrogens is 286 g/mol. The summed E-state index contributed by atoms with van der Waals surface area (Å²) in [4.78, 5) is 4.19. The number of hydrogen-bond acceptors (Lipinski definition) is 4. The molecule has 1 aromatic heterocycles. The van der Waals surface area contributed by atoms with Crippen LogP contribution in [-0.2, 0) is 14.3 Å². The van der Waals surface area contributed by atoms with Crippen LogP contribution in [0.5, 0.6) is 0 Å². The van der Waals surface area contributed by atoms with Crippen molar-refractivity contribution in [2.45, 2.75) is 18.6 Å². The Hall–Kier alpha value is -1.17. The van der Waals surface area contributed by atoms with Crippen LogP contribution in [-0.4, -0.2) is 25.3 Å². The van der Waals surface area contributed by atoms with Crippen LogP contribution >= 0.6 is 11.6 Å². The molecule has 1 unspecified atom stereocenters. The lowest BCUT2D eigenvalue weighted by Gasteiger charge is -2.21. The number of nitrogens with zero attached hydrogens (tertiary/aromatic N) is 1. The number of pyridine rings is 1. The van der Waals surface area contributed by atoms with Crippen LogP contribution < -0.4 is 0 Å². The van der Waals surface area contributed by atoms with Crippen molar-refractivity contribution in [3.63, 3.8) is 0 Å². The molecule has 0 radical (unpaired) electrons. The van der Waals surface area contributed by atoms with Gasteiger partial charge < -0.3 is 0 Å². The van der Waals surface area contributed by atoms with Gasteiger partial charge in [-0.2, -0.15) is 8.42 Å².